The van der Waals surface area contributed by atoms with Gasteiger partial charge in [-0.3, -0.25) is 24.0 Å². The summed E-state index contributed by atoms with van der Waals surface area (Å²) in [5.74, 6) is -3.31. The van der Waals surface area contributed by atoms with Crippen LogP contribution in [0.2, 0.25) is 0 Å². The summed E-state index contributed by atoms with van der Waals surface area (Å²) in [6, 6.07) is 0.353. The maximum Gasteiger partial charge on any atom is 0.316 e. The van der Waals surface area contributed by atoms with E-state index in [1.54, 1.807) is 25.1 Å². The minimum atomic E-state index is -1.13. The molecule has 0 aromatic carbocycles. The lowest BCUT2D eigenvalue weighted by Gasteiger charge is -2.37. The van der Waals surface area contributed by atoms with Gasteiger partial charge in [-0.05, 0) is 71.5 Å². The number of halogens is 1. The van der Waals surface area contributed by atoms with E-state index in [-0.39, 0.29) is 30.4 Å². The number of nitrogens with two attached hydrogens (primary N) is 1. The molecule has 244 valence electrons. The summed E-state index contributed by atoms with van der Waals surface area (Å²) >= 11 is 3.25. The van der Waals surface area contributed by atoms with E-state index in [0.29, 0.717) is 30.3 Å². The standard InChI is InChI=1S/C31H47BrN6O6/c1-7-12-18(4)17-21(25(40)27(33)41)35-28(42)22-14-11-16-38(22)29(43)26(31(5,6)9-3)37-30(44)36-19(8-2)24(39)20-13-10-15-23(32)34-20/h10,13,15,18-19,21-22,26H,7-9,11-12,14,16-17H2,1-6H3,(H2,33,41)(H,35,42)(H2,36,37,44)/t18?,19?,21?,22-,26?/m0/s1. The molecule has 44 heavy (non-hydrogen) atoms. The number of carbonyl (C=O) groups excluding carboxylic acids is 6. The zero-order chi connectivity index (χ0) is 33.2. The molecule has 5 atom stereocenters. The van der Waals surface area contributed by atoms with Crippen molar-refractivity contribution in [3.63, 3.8) is 0 Å². The molecular formula is C31H47BrN6O6. The first kappa shape index (κ1) is 36.8. The topological polar surface area (TPSA) is 181 Å². The Morgan fingerprint density at radius 3 is 2.32 bits per heavy atom. The summed E-state index contributed by atoms with van der Waals surface area (Å²) in [5, 5.41) is 8.14. The molecule has 0 aliphatic carbocycles. The van der Waals surface area contributed by atoms with Crippen LogP contribution in [-0.4, -0.2) is 75.9 Å². The molecule has 2 rings (SSSR count). The number of hydrogen-bond donors (Lipinski definition) is 4. The number of primary amides is 1. The molecule has 1 aliphatic rings. The number of nitrogens with one attached hydrogen (secondary N) is 3. The highest BCUT2D eigenvalue weighted by Gasteiger charge is 2.44. The molecule has 5 amide bonds. The zero-order valence-electron chi connectivity index (χ0n) is 26.6. The average Bonchev–Trinajstić information content (AvgIpc) is 3.47. The van der Waals surface area contributed by atoms with Crippen LogP contribution in [0, 0.1) is 11.3 Å². The summed E-state index contributed by atoms with van der Waals surface area (Å²) in [5.41, 5.74) is 4.74. The number of aromatic nitrogens is 1. The fourth-order valence-corrected chi connectivity index (χ4v) is 5.70. The summed E-state index contributed by atoms with van der Waals surface area (Å²) in [6.45, 7) is 11.5. The predicted molar refractivity (Wildman–Crippen MR) is 169 cm³/mol. The smallest absolute Gasteiger partial charge is 0.316 e. The molecule has 12 nitrogen and oxygen atoms in total. The summed E-state index contributed by atoms with van der Waals surface area (Å²) in [7, 11) is 0. The van der Waals surface area contributed by atoms with Gasteiger partial charge in [0.25, 0.3) is 5.91 Å². The SMILES string of the molecule is CCCC(C)CC(NC(=O)[C@@H]1CCCN1C(=O)C(NC(=O)NC(CC)C(=O)c1cccc(Br)n1)C(C)(C)CC)C(=O)C(N)=O. The monoisotopic (exact) mass is 678 g/mol. The first-order chi connectivity index (χ1) is 20.7. The molecule has 0 saturated carbocycles. The van der Waals surface area contributed by atoms with Crippen LogP contribution in [0.3, 0.4) is 0 Å². The number of urea groups is 1. The molecule has 1 aromatic heterocycles. The fraction of sp³-hybridized carbons (Fsp3) is 0.645. The lowest BCUT2D eigenvalue weighted by atomic mass is 9.81. The van der Waals surface area contributed by atoms with Crippen LogP contribution in [0.15, 0.2) is 22.8 Å². The fourth-order valence-electron chi connectivity index (χ4n) is 5.36. The van der Waals surface area contributed by atoms with Gasteiger partial charge in [0.15, 0.2) is 0 Å². The van der Waals surface area contributed by atoms with Gasteiger partial charge < -0.3 is 26.6 Å². The Hall–Kier alpha value is -3.35. The van der Waals surface area contributed by atoms with Crippen molar-refractivity contribution in [2.45, 2.75) is 111 Å². The third-order valence-corrected chi connectivity index (χ3v) is 8.79. The van der Waals surface area contributed by atoms with Gasteiger partial charge in [0.1, 0.15) is 22.4 Å². The Bertz CT molecular complexity index is 1220. The van der Waals surface area contributed by atoms with E-state index in [9.17, 15) is 28.8 Å². The number of rotatable bonds is 16. The van der Waals surface area contributed by atoms with Crippen molar-refractivity contribution in [2.75, 3.05) is 6.54 Å². The van der Waals surface area contributed by atoms with Gasteiger partial charge >= 0.3 is 6.03 Å². The third kappa shape index (κ3) is 9.83. The summed E-state index contributed by atoms with van der Waals surface area (Å²) < 4.78 is 0.489. The third-order valence-electron chi connectivity index (χ3n) is 8.35. The van der Waals surface area contributed by atoms with Crippen molar-refractivity contribution in [1.29, 1.82) is 0 Å². The van der Waals surface area contributed by atoms with Crippen molar-refractivity contribution in [3.8, 4) is 0 Å². The van der Waals surface area contributed by atoms with Gasteiger partial charge in [0.05, 0.1) is 12.1 Å². The minimum Gasteiger partial charge on any atom is -0.363 e. The number of amides is 5. The van der Waals surface area contributed by atoms with Crippen molar-refractivity contribution in [2.24, 2.45) is 17.1 Å². The van der Waals surface area contributed by atoms with Gasteiger partial charge in [-0.25, -0.2) is 9.78 Å². The molecule has 5 N–H and O–H groups in total. The van der Waals surface area contributed by atoms with E-state index in [0.717, 1.165) is 12.8 Å². The van der Waals surface area contributed by atoms with Gasteiger partial charge in [-0.15, -0.1) is 0 Å². The molecule has 1 aromatic rings. The zero-order valence-corrected chi connectivity index (χ0v) is 28.2. The number of ketones is 2. The second-order valence-electron chi connectivity index (χ2n) is 12.2. The molecule has 0 spiro atoms. The van der Waals surface area contributed by atoms with Gasteiger partial charge in [0.2, 0.25) is 23.4 Å². The molecule has 1 fully saturated rings. The number of carbonyl (C=O) groups is 6. The quantitative estimate of drug-likeness (QED) is 0.118. The van der Waals surface area contributed by atoms with Crippen molar-refractivity contribution in [3.05, 3.63) is 28.5 Å². The maximum absolute atomic E-state index is 14.0. The van der Waals surface area contributed by atoms with Crippen molar-refractivity contribution in [1.82, 2.24) is 25.8 Å². The minimum absolute atomic E-state index is 0.0605. The number of likely N-dealkylation sites (tertiary alicyclic amines) is 1. The number of Topliss-reactive ketones (excluding diaryl/α,β-unsaturated/α-hetero) is 2. The van der Waals surface area contributed by atoms with E-state index < -0.39 is 59.1 Å². The molecule has 0 bridgehead atoms. The van der Waals surface area contributed by atoms with Crippen molar-refractivity contribution < 1.29 is 28.8 Å². The average molecular weight is 680 g/mol. The largest absolute Gasteiger partial charge is 0.363 e. The van der Waals surface area contributed by atoms with Gasteiger partial charge in [-0.1, -0.05) is 60.5 Å². The normalized spacial score (nSPS) is 17.6. The van der Waals surface area contributed by atoms with E-state index in [2.05, 4.69) is 36.9 Å². The van der Waals surface area contributed by atoms with Crippen LogP contribution in [0.5, 0.6) is 0 Å². The summed E-state index contributed by atoms with van der Waals surface area (Å²) in [6.07, 6.45) is 3.66. The predicted octanol–water partition coefficient (Wildman–Crippen LogP) is 3.27. The molecule has 0 radical (unpaired) electrons. The van der Waals surface area contributed by atoms with Gasteiger partial charge in [-0.2, -0.15) is 0 Å². The van der Waals surface area contributed by atoms with E-state index in [1.807, 2.05) is 34.6 Å². The Kier molecular flexibility index (Phi) is 13.9. The number of pyridine rings is 1. The summed E-state index contributed by atoms with van der Waals surface area (Å²) in [4.78, 5) is 83.6. The molecule has 1 aliphatic heterocycles. The van der Waals surface area contributed by atoms with Gasteiger partial charge in [0, 0.05) is 6.54 Å². The Morgan fingerprint density at radius 1 is 1.07 bits per heavy atom. The van der Waals surface area contributed by atoms with Crippen LogP contribution in [-0.2, 0) is 19.2 Å². The second kappa shape index (κ2) is 16.6. The highest BCUT2D eigenvalue weighted by molar-refractivity contribution is 9.10. The highest BCUT2D eigenvalue weighted by Crippen LogP contribution is 2.29. The number of nitrogens with zero attached hydrogens (tertiary/aromatic N) is 2. The molecule has 1 saturated heterocycles. The number of hydrogen-bond acceptors (Lipinski definition) is 7. The maximum atomic E-state index is 14.0. The Labute approximate surface area is 268 Å². The molecular weight excluding hydrogens is 632 g/mol. The van der Waals surface area contributed by atoms with Crippen molar-refractivity contribution >= 4 is 51.2 Å². The van der Waals surface area contributed by atoms with E-state index >= 15 is 0 Å². The molecule has 13 heteroatoms. The Balaban J connectivity index is 2.24. The lowest BCUT2D eigenvalue weighted by molar-refractivity contribution is -0.143. The lowest BCUT2D eigenvalue weighted by Crippen LogP contribution is -2.61. The first-order valence-corrected chi connectivity index (χ1v) is 16.1. The first-order valence-electron chi connectivity index (χ1n) is 15.3. The van der Waals surface area contributed by atoms with Crippen LogP contribution in [0.1, 0.15) is 97.0 Å². The molecule has 2 heterocycles. The molecule has 4 unspecified atom stereocenters. The highest BCUT2D eigenvalue weighted by atomic mass is 79.9. The van der Waals surface area contributed by atoms with Crippen LogP contribution in [0.4, 0.5) is 4.79 Å². The van der Waals surface area contributed by atoms with Crippen LogP contribution >= 0.6 is 15.9 Å². The second-order valence-corrected chi connectivity index (χ2v) is 13.0. The van der Waals surface area contributed by atoms with Crippen LogP contribution in [0.25, 0.3) is 0 Å². The Morgan fingerprint density at radius 2 is 1.75 bits per heavy atom. The van der Waals surface area contributed by atoms with E-state index in [1.165, 1.54) is 4.90 Å². The van der Waals surface area contributed by atoms with Crippen LogP contribution < -0.4 is 21.7 Å². The van der Waals surface area contributed by atoms with E-state index in [4.69, 9.17) is 5.73 Å².